The molecule has 1 heterocycles. The van der Waals surface area contributed by atoms with Crippen LogP contribution >= 0.6 is 0 Å². The molecule has 2 aromatic carbocycles. The third-order valence-corrected chi connectivity index (χ3v) is 3.23. The maximum atomic E-state index is 5.70. The molecule has 5 heteroatoms. The van der Waals surface area contributed by atoms with Crippen molar-refractivity contribution in [2.24, 2.45) is 0 Å². The second-order valence-electron chi connectivity index (χ2n) is 4.79. The third kappa shape index (κ3) is 3.09. The van der Waals surface area contributed by atoms with E-state index in [2.05, 4.69) is 10.2 Å². The maximum absolute atomic E-state index is 5.70. The summed E-state index contributed by atoms with van der Waals surface area (Å²) in [4.78, 5) is 0. The maximum Gasteiger partial charge on any atom is 0.254 e. The van der Waals surface area contributed by atoms with Crippen molar-refractivity contribution in [2.75, 3.05) is 7.11 Å². The molecule has 0 bridgehead atoms. The molecule has 22 heavy (non-hydrogen) atoms. The highest BCUT2D eigenvalue weighted by atomic mass is 16.5. The van der Waals surface area contributed by atoms with Crippen LogP contribution in [0.4, 0.5) is 0 Å². The molecule has 0 saturated carbocycles. The number of nitrogens with zero attached hydrogens (tertiary/aromatic N) is 2. The van der Waals surface area contributed by atoms with Crippen molar-refractivity contribution in [1.82, 2.24) is 10.2 Å². The highest BCUT2D eigenvalue weighted by Gasteiger charge is 2.10. The molecule has 0 spiro atoms. The van der Waals surface area contributed by atoms with Crippen LogP contribution in [0.15, 0.2) is 52.9 Å². The SMILES string of the molecule is COc1cccc(-c2nnc(COc3ccccc3C)o2)c1. The first-order valence-electron chi connectivity index (χ1n) is 6.91. The molecule has 0 N–H and O–H groups in total. The topological polar surface area (TPSA) is 57.4 Å². The Hall–Kier alpha value is -2.82. The second kappa shape index (κ2) is 6.30. The molecule has 3 aromatic rings. The number of hydrogen-bond acceptors (Lipinski definition) is 5. The minimum absolute atomic E-state index is 0.238. The van der Waals surface area contributed by atoms with Gasteiger partial charge < -0.3 is 13.9 Å². The van der Waals surface area contributed by atoms with Crippen molar-refractivity contribution >= 4 is 0 Å². The van der Waals surface area contributed by atoms with Crippen molar-refractivity contribution in [1.29, 1.82) is 0 Å². The average Bonchev–Trinajstić information content (AvgIpc) is 3.03. The lowest BCUT2D eigenvalue weighted by atomic mass is 10.2. The fraction of sp³-hybridized carbons (Fsp3) is 0.176. The molecule has 3 rings (SSSR count). The van der Waals surface area contributed by atoms with E-state index in [1.165, 1.54) is 0 Å². The molecule has 0 amide bonds. The number of ether oxygens (including phenoxy) is 2. The van der Waals surface area contributed by atoms with E-state index in [1.54, 1.807) is 7.11 Å². The van der Waals surface area contributed by atoms with Crippen LogP contribution in [0.1, 0.15) is 11.5 Å². The zero-order chi connectivity index (χ0) is 15.4. The summed E-state index contributed by atoms with van der Waals surface area (Å²) in [6.07, 6.45) is 0. The quantitative estimate of drug-likeness (QED) is 0.719. The van der Waals surface area contributed by atoms with Gasteiger partial charge in [-0.05, 0) is 36.8 Å². The standard InChI is InChI=1S/C17H16N2O3/c1-12-6-3-4-9-15(12)21-11-16-18-19-17(22-16)13-7-5-8-14(10-13)20-2/h3-10H,11H2,1-2H3. The number of aromatic nitrogens is 2. The number of aryl methyl sites for hydroxylation is 1. The van der Waals surface area contributed by atoms with Crippen molar-refractivity contribution in [3.05, 3.63) is 60.0 Å². The van der Waals surface area contributed by atoms with Crippen LogP contribution < -0.4 is 9.47 Å². The van der Waals surface area contributed by atoms with E-state index < -0.39 is 0 Å². The fourth-order valence-corrected chi connectivity index (χ4v) is 2.04. The molecule has 0 radical (unpaired) electrons. The van der Waals surface area contributed by atoms with Crippen molar-refractivity contribution in [3.63, 3.8) is 0 Å². The molecule has 0 fully saturated rings. The van der Waals surface area contributed by atoms with E-state index in [9.17, 15) is 0 Å². The second-order valence-corrected chi connectivity index (χ2v) is 4.79. The summed E-state index contributed by atoms with van der Waals surface area (Å²) in [7, 11) is 1.62. The van der Waals surface area contributed by atoms with Crippen molar-refractivity contribution < 1.29 is 13.9 Å². The number of hydrogen-bond donors (Lipinski definition) is 0. The molecular weight excluding hydrogens is 280 g/mol. The average molecular weight is 296 g/mol. The van der Waals surface area contributed by atoms with Gasteiger partial charge in [-0.1, -0.05) is 24.3 Å². The van der Waals surface area contributed by atoms with Crippen LogP contribution in [0.5, 0.6) is 11.5 Å². The Kier molecular flexibility index (Phi) is 4.05. The molecule has 5 nitrogen and oxygen atoms in total. The first-order valence-corrected chi connectivity index (χ1v) is 6.91. The smallest absolute Gasteiger partial charge is 0.254 e. The van der Waals surface area contributed by atoms with Crippen molar-refractivity contribution in [3.8, 4) is 23.0 Å². The Bertz CT molecular complexity index is 768. The van der Waals surface area contributed by atoms with Crippen LogP contribution in [0, 0.1) is 6.92 Å². The summed E-state index contributed by atoms with van der Waals surface area (Å²) in [5, 5.41) is 8.05. The van der Waals surface area contributed by atoms with Gasteiger partial charge in [-0.2, -0.15) is 0 Å². The van der Waals surface area contributed by atoms with Gasteiger partial charge in [0.2, 0.25) is 5.89 Å². The Morgan fingerprint density at radius 1 is 1.05 bits per heavy atom. The van der Waals surface area contributed by atoms with E-state index >= 15 is 0 Å². The first-order chi connectivity index (χ1) is 10.8. The molecule has 112 valence electrons. The molecule has 0 aliphatic carbocycles. The summed E-state index contributed by atoms with van der Waals surface area (Å²) in [6.45, 7) is 2.23. The lowest BCUT2D eigenvalue weighted by Crippen LogP contribution is -1.97. The van der Waals surface area contributed by atoms with E-state index in [-0.39, 0.29) is 6.61 Å². The Morgan fingerprint density at radius 2 is 1.91 bits per heavy atom. The molecule has 0 atom stereocenters. The van der Waals surface area contributed by atoms with Gasteiger partial charge in [-0.25, -0.2) is 0 Å². The fourth-order valence-electron chi connectivity index (χ4n) is 2.04. The van der Waals surface area contributed by atoms with Crippen LogP contribution in [-0.2, 0) is 6.61 Å². The molecule has 0 aliphatic heterocycles. The summed E-state index contributed by atoms with van der Waals surface area (Å²) >= 11 is 0. The molecule has 1 aromatic heterocycles. The number of rotatable bonds is 5. The minimum Gasteiger partial charge on any atom is -0.497 e. The molecule has 0 unspecified atom stereocenters. The van der Waals surface area contributed by atoms with E-state index in [1.807, 2.05) is 55.5 Å². The van der Waals surface area contributed by atoms with Gasteiger partial charge >= 0.3 is 0 Å². The van der Waals surface area contributed by atoms with Gasteiger partial charge in [0.25, 0.3) is 5.89 Å². The first kappa shape index (κ1) is 14.1. The number of para-hydroxylation sites is 1. The molecule has 0 saturated heterocycles. The number of benzene rings is 2. The third-order valence-electron chi connectivity index (χ3n) is 3.23. The van der Waals surface area contributed by atoms with Gasteiger partial charge in [0.1, 0.15) is 11.5 Å². The molecular formula is C17H16N2O3. The Labute approximate surface area is 128 Å². The Morgan fingerprint density at radius 3 is 2.73 bits per heavy atom. The highest BCUT2D eigenvalue weighted by Crippen LogP contribution is 2.23. The summed E-state index contributed by atoms with van der Waals surface area (Å²) < 4.78 is 16.5. The predicted molar refractivity (Wildman–Crippen MR) is 81.8 cm³/mol. The molecule has 0 aliphatic rings. The van der Waals surface area contributed by atoms with Crippen LogP contribution in [0.3, 0.4) is 0 Å². The van der Waals surface area contributed by atoms with Gasteiger partial charge in [0, 0.05) is 5.56 Å². The van der Waals surface area contributed by atoms with Crippen LogP contribution in [-0.4, -0.2) is 17.3 Å². The summed E-state index contributed by atoms with van der Waals surface area (Å²) in [6, 6.07) is 15.3. The summed E-state index contributed by atoms with van der Waals surface area (Å²) in [5.74, 6) is 2.43. The van der Waals surface area contributed by atoms with E-state index in [0.29, 0.717) is 11.8 Å². The van der Waals surface area contributed by atoms with Crippen LogP contribution in [0.2, 0.25) is 0 Å². The monoisotopic (exact) mass is 296 g/mol. The zero-order valence-electron chi connectivity index (χ0n) is 12.4. The Balaban J connectivity index is 1.72. The minimum atomic E-state index is 0.238. The van der Waals surface area contributed by atoms with Gasteiger partial charge in [0.05, 0.1) is 7.11 Å². The van der Waals surface area contributed by atoms with Crippen molar-refractivity contribution in [2.45, 2.75) is 13.5 Å². The van der Waals surface area contributed by atoms with Gasteiger partial charge in [-0.15, -0.1) is 10.2 Å². The number of methoxy groups -OCH3 is 1. The van der Waals surface area contributed by atoms with Gasteiger partial charge in [0.15, 0.2) is 6.61 Å². The van der Waals surface area contributed by atoms with E-state index in [0.717, 1.165) is 22.6 Å². The highest BCUT2D eigenvalue weighted by molar-refractivity contribution is 5.55. The zero-order valence-corrected chi connectivity index (χ0v) is 12.4. The predicted octanol–water partition coefficient (Wildman–Crippen LogP) is 3.63. The lowest BCUT2D eigenvalue weighted by molar-refractivity contribution is 0.263. The summed E-state index contributed by atoms with van der Waals surface area (Å²) in [5.41, 5.74) is 1.88. The normalized spacial score (nSPS) is 10.5. The van der Waals surface area contributed by atoms with Gasteiger partial charge in [-0.3, -0.25) is 0 Å². The largest absolute Gasteiger partial charge is 0.497 e. The lowest BCUT2D eigenvalue weighted by Gasteiger charge is -2.05. The van der Waals surface area contributed by atoms with E-state index in [4.69, 9.17) is 13.9 Å². The van der Waals surface area contributed by atoms with Crippen LogP contribution in [0.25, 0.3) is 11.5 Å².